The number of nitrogens with one attached hydrogen (secondary N) is 2. The lowest BCUT2D eigenvalue weighted by molar-refractivity contribution is -0.126. The lowest BCUT2D eigenvalue weighted by Gasteiger charge is -2.35. The monoisotopic (exact) mass is 425 g/mol. The molecule has 7 nitrogen and oxygen atoms in total. The van der Waals surface area contributed by atoms with E-state index < -0.39 is 6.04 Å². The third-order valence-electron chi connectivity index (χ3n) is 6.97. The number of carbonyl (C=O) groups is 2. The fraction of sp³-hybridized carbons (Fsp3) is 0.583. The van der Waals surface area contributed by atoms with Crippen molar-refractivity contribution in [3.8, 4) is 5.75 Å². The van der Waals surface area contributed by atoms with Gasteiger partial charge in [0, 0.05) is 36.3 Å². The summed E-state index contributed by atoms with van der Waals surface area (Å²) in [4.78, 5) is 27.0. The summed E-state index contributed by atoms with van der Waals surface area (Å²) < 4.78 is 11.7. The van der Waals surface area contributed by atoms with Crippen molar-refractivity contribution >= 4 is 11.8 Å². The molecule has 0 radical (unpaired) electrons. The SMILES string of the molecule is C=C1CCC(N2Cc3cc(O[C@H]4CCCC[C@H]4NCC4COC4)ccc3C2=O)C(=O)N1. The van der Waals surface area contributed by atoms with Crippen molar-refractivity contribution in [2.75, 3.05) is 19.8 Å². The van der Waals surface area contributed by atoms with Crippen LogP contribution in [0.2, 0.25) is 0 Å². The molecule has 1 aromatic carbocycles. The van der Waals surface area contributed by atoms with Crippen LogP contribution in [0, 0.1) is 5.92 Å². The molecule has 0 spiro atoms. The molecule has 5 rings (SSSR count). The van der Waals surface area contributed by atoms with Crippen LogP contribution in [0.1, 0.15) is 54.4 Å². The van der Waals surface area contributed by atoms with Gasteiger partial charge in [-0.05, 0) is 55.9 Å². The van der Waals surface area contributed by atoms with Gasteiger partial charge in [0.2, 0.25) is 5.91 Å². The molecule has 3 atom stereocenters. The third-order valence-corrected chi connectivity index (χ3v) is 6.97. The Morgan fingerprint density at radius 3 is 2.81 bits per heavy atom. The van der Waals surface area contributed by atoms with Crippen molar-refractivity contribution in [1.82, 2.24) is 15.5 Å². The minimum Gasteiger partial charge on any atom is -0.489 e. The number of ether oxygens (including phenoxy) is 2. The Bertz CT molecular complexity index is 882. The highest BCUT2D eigenvalue weighted by Gasteiger charge is 2.38. The zero-order valence-corrected chi connectivity index (χ0v) is 17.9. The van der Waals surface area contributed by atoms with E-state index in [0.717, 1.165) is 49.6 Å². The molecule has 7 heteroatoms. The van der Waals surface area contributed by atoms with Gasteiger partial charge in [0.1, 0.15) is 17.9 Å². The molecule has 31 heavy (non-hydrogen) atoms. The van der Waals surface area contributed by atoms with Crippen molar-refractivity contribution in [2.24, 2.45) is 5.92 Å². The van der Waals surface area contributed by atoms with Crippen LogP contribution in [-0.2, 0) is 16.1 Å². The number of allylic oxidation sites excluding steroid dienone is 1. The van der Waals surface area contributed by atoms with E-state index in [-0.39, 0.29) is 17.9 Å². The van der Waals surface area contributed by atoms with Gasteiger partial charge >= 0.3 is 0 Å². The predicted octanol–water partition coefficient (Wildman–Crippen LogP) is 2.36. The first-order valence-corrected chi connectivity index (χ1v) is 11.5. The van der Waals surface area contributed by atoms with Crippen molar-refractivity contribution in [3.05, 3.63) is 41.6 Å². The Balaban J connectivity index is 1.25. The second-order valence-corrected chi connectivity index (χ2v) is 9.26. The molecule has 2 saturated heterocycles. The average Bonchev–Trinajstić information content (AvgIpc) is 3.04. The van der Waals surface area contributed by atoms with E-state index in [1.165, 1.54) is 12.8 Å². The summed E-state index contributed by atoms with van der Waals surface area (Å²) in [5, 5.41) is 6.48. The minimum absolute atomic E-state index is 0.0749. The van der Waals surface area contributed by atoms with Gasteiger partial charge in [-0.15, -0.1) is 0 Å². The number of rotatable bonds is 6. The molecule has 1 unspecified atom stereocenters. The Labute approximate surface area is 183 Å². The summed E-state index contributed by atoms with van der Waals surface area (Å²) in [6.45, 7) is 6.96. The van der Waals surface area contributed by atoms with E-state index in [2.05, 4.69) is 17.2 Å². The lowest BCUT2D eigenvalue weighted by atomic mass is 9.91. The first-order valence-electron chi connectivity index (χ1n) is 11.5. The van der Waals surface area contributed by atoms with Crippen molar-refractivity contribution in [3.63, 3.8) is 0 Å². The molecular formula is C24H31N3O4. The van der Waals surface area contributed by atoms with Crippen LogP contribution in [0.15, 0.2) is 30.5 Å². The van der Waals surface area contributed by atoms with Gasteiger partial charge in [0.25, 0.3) is 5.91 Å². The number of hydrogen-bond donors (Lipinski definition) is 2. The first kappa shape index (κ1) is 20.5. The zero-order chi connectivity index (χ0) is 21.4. The highest BCUT2D eigenvalue weighted by molar-refractivity contribution is 6.01. The van der Waals surface area contributed by atoms with Gasteiger partial charge in [-0.3, -0.25) is 9.59 Å². The molecule has 1 saturated carbocycles. The molecule has 3 fully saturated rings. The topological polar surface area (TPSA) is 79.9 Å². The average molecular weight is 426 g/mol. The van der Waals surface area contributed by atoms with E-state index >= 15 is 0 Å². The molecule has 166 valence electrons. The zero-order valence-electron chi connectivity index (χ0n) is 17.9. The highest BCUT2D eigenvalue weighted by atomic mass is 16.5. The minimum atomic E-state index is -0.433. The van der Waals surface area contributed by atoms with Crippen LogP contribution in [-0.4, -0.2) is 54.7 Å². The summed E-state index contributed by atoms with van der Waals surface area (Å²) in [6, 6.07) is 5.65. The standard InChI is InChI=1S/C24H31N3O4/c1-15-6-9-21(23(28)26-15)27-12-17-10-18(7-8-19(17)24(27)29)31-22-5-3-2-4-20(22)25-11-16-13-30-14-16/h7-8,10,16,20-22,25H,1-6,9,11-14H2,(H,26,28)/t20-,21?,22+/m1/s1. The van der Waals surface area contributed by atoms with Crippen molar-refractivity contribution < 1.29 is 19.1 Å². The van der Waals surface area contributed by atoms with E-state index in [9.17, 15) is 9.59 Å². The molecule has 4 aliphatic rings. The van der Waals surface area contributed by atoms with E-state index in [1.807, 2.05) is 18.2 Å². The van der Waals surface area contributed by atoms with Crippen molar-refractivity contribution in [2.45, 2.75) is 63.3 Å². The fourth-order valence-electron chi connectivity index (χ4n) is 5.07. The molecule has 3 heterocycles. The maximum atomic E-state index is 12.9. The van der Waals surface area contributed by atoms with Crippen LogP contribution in [0.4, 0.5) is 0 Å². The molecular weight excluding hydrogens is 394 g/mol. The smallest absolute Gasteiger partial charge is 0.255 e. The first-order chi connectivity index (χ1) is 15.1. The van der Waals surface area contributed by atoms with E-state index in [0.29, 0.717) is 36.9 Å². The predicted molar refractivity (Wildman–Crippen MR) is 116 cm³/mol. The fourth-order valence-corrected chi connectivity index (χ4v) is 5.07. The van der Waals surface area contributed by atoms with Crippen LogP contribution in [0.5, 0.6) is 5.75 Å². The number of amides is 2. The largest absolute Gasteiger partial charge is 0.489 e. The molecule has 1 aliphatic carbocycles. The third kappa shape index (κ3) is 4.21. The van der Waals surface area contributed by atoms with Crippen LogP contribution in [0.3, 0.4) is 0 Å². The van der Waals surface area contributed by atoms with Crippen LogP contribution in [0.25, 0.3) is 0 Å². The molecule has 0 bridgehead atoms. The summed E-state index contributed by atoms with van der Waals surface area (Å²) in [7, 11) is 0. The summed E-state index contributed by atoms with van der Waals surface area (Å²) in [5.74, 6) is 1.21. The maximum absolute atomic E-state index is 12.9. The van der Waals surface area contributed by atoms with Gasteiger partial charge < -0.3 is 25.0 Å². The Hall–Kier alpha value is -2.38. The van der Waals surface area contributed by atoms with Gasteiger partial charge in [-0.25, -0.2) is 0 Å². The maximum Gasteiger partial charge on any atom is 0.255 e. The summed E-state index contributed by atoms with van der Waals surface area (Å²) in [6.07, 6.45) is 6.01. The number of piperidine rings is 1. The molecule has 0 aromatic heterocycles. The quantitative estimate of drug-likeness (QED) is 0.732. The molecule has 3 aliphatic heterocycles. The Kier molecular flexibility index (Phi) is 5.71. The second-order valence-electron chi connectivity index (χ2n) is 9.26. The Morgan fingerprint density at radius 2 is 2.03 bits per heavy atom. The summed E-state index contributed by atoms with van der Waals surface area (Å²) in [5.41, 5.74) is 2.33. The molecule has 2 N–H and O–H groups in total. The van der Waals surface area contributed by atoms with Crippen LogP contribution >= 0.6 is 0 Å². The number of carbonyl (C=O) groups excluding carboxylic acids is 2. The van der Waals surface area contributed by atoms with E-state index in [1.54, 1.807) is 4.90 Å². The van der Waals surface area contributed by atoms with Crippen molar-refractivity contribution in [1.29, 1.82) is 0 Å². The number of nitrogens with zero attached hydrogens (tertiary/aromatic N) is 1. The van der Waals surface area contributed by atoms with E-state index in [4.69, 9.17) is 9.47 Å². The second kappa shape index (κ2) is 8.63. The number of hydrogen-bond acceptors (Lipinski definition) is 5. The lowest BCUT2D eigenvalue weighted by Crippen LogP contribution is -2.49. The Morgan fingerprint density at radius 1 is 1.19 bits per heavy atom. The van der Waals surface area contributed by atoms with Gasteiger partial charge in [-0.1, -0.05) is 13.0 Å². The number of benzene rings is 1. The van der Waals surface area contributed by atoms with Crippen LogP contribution < -0.4 is 15.4 Å². The highest BCUT2D eigenvalue weighted by Crippen LogP contribution is 2.32. The normalized spacial score (nSPS) is 28.8. The van der Waals surface area contributed by atoms with Gasteiger partial charge in [0.05, 0.1) is 13.2 Å². The molecule has 1 aromatic rings. The molecule has 2 amide bonds. The van der Waals surface area contributed by atoms with Gasteiger partial charge in [0.15, 0.2) is 0 Å². The van der Waals surface area contributed by atoms with Gasteiger partial charge in [-0.2, -0.15) is 0 Å². The number of fused-ring (bicyclic) bond motifs is 1. The summed E-state index contributed by atoms with van der Waals surface area (Å²) >= 11 is 0.